The molecule has 0 saturated heterocycles. The highest BCUT2D eigenvalue weighted by atomic mass is 32.1. The minimum atomic E-state index is -0.240. The van der Waals surface area contributed by atoms with Crippen LogP contribution in [0.5, 0.6) is 0 Å². The largest absolute Gasteiger partial charge is 0.360 e. The van der Waals surface area contributed by atoms with Crippen LogP contribution in [0.3, 0.4) is 0 Å². The fourth-order valence-electron chi connectivity index (χ4n) is 1.81. The molecule has 5 nitrogen and oxygen atoms in total. The molecule has 0 aliphatic carbocycles. The van der Waals surface area contributed by atoms with Crippen LogP contribution < -0.4 is 5.32 Å². The Labute approximate surface area is 112 Å². The van der Waals surface area contributed by atoms with Crippen molar-refractivity contribution in [2.75, 3.05) is 5.32 Å². The molecule has 0 aliphatic heterocycles. The van der Waals surface area contributed by atoms with Gasteiger partial charge in [0.15, 0.2) is 5.13 Å². The van der Waals surface area contributed by atoms with Crippen molar-refractivity contribution in [3.05, 3.63) is 47.1 Å². The summed E-state index contributed by atoms with van der Waals surface area (Å²) in [6.07, 6.45) is 3.11. The van der Waals surface area contributed by atoms with Crippen molar-refractivity contribution in [2.24, 2.45) is 0 Å². The van der Waals surface area contributed by atoms with E-state index in [2.05, 4.69) is 15.3 Å². The molecule has 1 amide bonds. The van der Waals surface area contributed by atoms with E-state index in [1.165, 1.54) is 6.20 Å². The zero-order valence-corrected chi connectivity index (χ0v) is 10.5. The maximum absolute atomic E-state index is 12.1. The number of aromatic amines is 1. The average Bonchev–Trinajstić information content (AvgIpc) is 3.04. The first-order chi connectivity index (χ1) is 9.28. The second-order valence-electron chi connectivity index (χ2n) is 3.84. The van der Waals surface area contributed by atoms with E-state index in [-0.39, 0.29) is 5.91 Å². The molecule has 1 aromatic carbocycles. The van der Waals surface area contributed by atoms with Crippen molar-refractivity contribution in [3.8, 4) is 6.07 Å². The molecule has 0 bridgehead atoms. The summed E-state index contributed by atoms with van der Waals surface area (Å²) < 4.78 is 0. The minimum Gasteiger partial charge on any atom is -0.360 e. The highest BCUT2D eigenvalue weighted by Gasteiger charge is 2.13. The lowest BCUT2D eigenvalue weighted by atomic mass is 10.2. The fourth-order valence-corrected chi connectivity index (χ4v) is 2.42. The number of hydrogen-bond donors (Lipinski definition) is 2. The molecule has 0 atom stereocenters. The molecule has 0 aliphatic rings. The molecular formula is C13H8N4OS. The van der Waals surface area contributed by atoms with Crippen molar-refractivity contribution in [2.45, 2.75) is 0 Å². The van der Waals surface area contributed by atoms with Gasteiger partial charge in [0.1, 0.15) is 10.9 Å². The molecule has 0 unspecified atom stereocenters. The van der Waals surface area contributed by atoms with Crippen molar-refractivity contribution in [1.82, 2.24) is 9.97 Å². The minimum absolute atomic E-state index is 0.240. The van der Waals surface area contributed by atoms with Gasteiger partial charge in [-0.2, -0.15) is 5.26 Å². The smallest absolute Gasteiger partial charge is 0.259 e. The Bertz CT molecular complexity index is 796. The molecule has 2 aromatic heterocycles. The summed E-state index contributed by atoms with van der Waals surface area (Å²) in [5, 5.41) is 12.7. The van der Waals surface area contributed by atoms with Crippen LogP contribution in [0, 0.1) is 11.3 Å². The summed E-state index contributed by atoms with van der Waals surface area (Å²) >= 11 is 1.15. The van der Waals surface area contributed by atoms with E-state index in [4.69, 9.17) is 5.26 Å². The third kappa shape index (κ3) is 2.07. The van der Waals surface area contributed by atoms with Gasteiger partial charge in [-0.05, 0) is 6.07 Å². The van der Waals surface area contributed by atoms with Crippen LogP contribution in [0.15, 0.2) is 36.7 Å². The predicted molar refractivity (Wildman–Crippen MR) is 73.1 cm³/mol. The number of thiazole rings is 1. The number of carbonyl (C=O) groups is 1. The topological polar surface area (TPSA) is 81.6 Å². The van der Waals surface area contributed by atoms with Gasteiger partial charge in [0.2, 0.25) is 0 Å². The predicted octanol–water partition coefficient (Wildman–Crippen LogP) is 2.75. The summed E-state index contributed by atoms with van der Waals surface area (Å²) in [5.41, 5.74) is 1.47. The first kappa shape index (κ1) is 11.4. The number of benzene rings is 1. The summed E-state index contributed by atoms with van der Waals surface area (Å²) in [5.74, 6) is -0.240. The van der Waals surface area contributed by atoms with E-state index in [0.717, 1.165) is 22.2 Å². The molecule has 0 saturated carbocycles. The van der Waals surface area contributed by atoms with E-state index >= 15 is 0 Å². The number of nitrogens with one attached hydrogen (secondary N) is 2. The van der Waals surface area contributed by atoms with Crippen LogP contribution in [0.1, 0.15) is 15.2 Å². The lowest BCUT2D eigenvalue weighted by molar-refractivity contribution is 0.102. The monoisotopic (exact) mass is 268 g/mol. The molecule has 92 valence electrons. The van der Waals surface area contributed by atoms with Crippen molar-refractivity contribution < 1.29 is 4.79 Å². The van der Waals surface area contributed by atoms with Crippen molar-refractivity contribution >= 4 is 33.3 Å². The van der Waals surface area contributed by atoms with Gasteiger partial charge < -0.3 is 4.98 Å². The molecular weight excluding hydrogens is 260 g/mol. The van der Waals surface area contributed by atoms with E-state index in [1.807, 2.05) is 30.3 Å². The van der Waals surface area contributed by atoms with Gasteiger partial charge >= 0.3 is 0 Å². The Morgan fingerprint density at radius 2 is 2.26 bits per heavy atom. The molecule has 19 heavy (non-hydrogen) atoms. The second kappa shape index (κ2) is 4.55. The van der Waals surface area contributed by atoms with Crippen molar-refractivity contribution in [1.29, 1.82) is 5.26 Å². The number of para-hydroxylation sites is 1. The molecule has 0 spiro atoms. The molecule has 3 aromatic rings. The molecule has 2 N–H and O–H groups in total. The van der Waals surface area contributed by atoms with E-state index in [1.54, 1.807) is 6.20 Å². The Morgan fingerprint density at radius 3 is 3.05 bits per heavy atom. The van der Waals surface area contributed by atoms with Gasteiger partial charge in [-0.25, -0.2) is 4.98 Å². The lowest BCUT2D eigenvalue weighted by Gasteiger charge is -1.99. The first-order valence-corrected chi connectivity index (χ1v) is 6.33. The molecule has 0 radical (unpaired) electrons. The third-order valence-corrected chi connectivity index (χ3v) is 3.49. The first-order valence-electron chi connectivity index (χ1n) is 5.51. The molecule has 3 rings (SSSR count). The molecule has 6 heteroatoms. The number of anilines is 1. The number of carbonyl (C=O) groups excluding carboxylic acids is 1. The van der Waals surface area contributed by atoms with Crippen LogP contribution in [-0.4, -0.2) is 15.9 Å². The summed E-state index contributed by atoms with van der Waals surface area (Å²) in [6.45, 7) is 0. The van der Waals surface area contributed by atoms with Gasteiger partial charge in [0, 0.05) is 17.1 Å². The number of rotatable bonds is 2. The lowest BCUT2D eigenvalue weighted by Crippen LogP contribution is -2.10. The van der Waals surface area contributed by atoms with Crippen LogP contribution in [-0.2, 0) is 0 Å². The van der Waals surface area contributed by atoms with E-state index in [0.29, 0.717) is 15.6 Å². The number of amides is 1. The number of aromatic nitrogens is 2. The van der Waals surface area contributed by atoms with Crippen molar-refractivity contribution in [3.63, 3.8) is 0 Å². The normalized spacial score (nSPS) is 10.3. The summed E-state index contributed by atoms with van der Waals surface area (Å²) in [4.78, 5) is 19.6. The number of fused-ring (bicyclic) bond motifs is 1. The molecule has 0 fully saturated rings. The van der Waals surface area contributed by atoms with Gasteiger partial charge in [-0.3, -0.25) is 10.1 Å². The number of H-pyrrole nitrogens is 1. The zero-order valence-electron chi connectivity index (χ0n) is 9.68. The van der Waals surface area contributed by atoms with E-state index < -0.39 is 0 Å². The SMILES string of the molecule is N#Cc1cnc(NC(=O)c2c[nH]c3ccccc23)s1. The Balaban J connectivity index is 1.90. The second-order valence-corrected chi connectivity index (χ2v) is 4.87. The van der Waals surface area contributed by atoms with Gasteiger partial charge in [0.05, 0.1) is 11.8 Å². The van der Waals surface area contributed by atoms with Crippen LogP contribution in [0.2, 0.25) is 0 Å². The van der Waals surface area contributed by atoms with Crippen LogP contribution in [0.4, 0.5) is 5.13 Å². The molecule has 2 heterocycles. The van der Waals surface area contributed by atoms with Crippen LogP contribution >= 0.6 is 11.3 Å². The highest BCUT2D eigenvalue weighted by Crippen LogP contribution is 2.21. The Morgan fingerprint density at radius 1 is 1.42 bits per heavy atom. The van der Waals surface area contributed by atoms with Gasteiger partial charge in [-0.15, -0.1) is 0 Å². The van der Waals surface area contributed by atoms with Gasteiger partial charge in [0.25, 0.3) is 5.91 Å². The highest BCUT2D eigenvalue weighted by molar-refractivity contribution is 7.16. The van der Waals surface area contributed by atoms with Crippen LogP contribution in [0.25, 0.3) is 10.9 Å². The quantitative estimate of drug-likeness (QED) is 0.749. The average molecular weight is 268 g/mol. The van der Waals surface area contributed by atoms with E-state index in [9.17, 15) is 4.79 Å². The third-order valence-electron chi connectivity index (χ3n) is 2.67. The standard InChI is InChI=1S/C13H8N4OS/c14-5-8-6-16-13(19-8)17-12(18)10-7-15-11-4-2-1-3-9(10)11/h1-4,6-7,15H,(H,16,17,18). The number of hydrogen-bond acceptors (Lipinski definition) is 4. The maximum atomic E-state index is 12.1. The summed E-state index contributed by atoms with van der Waals surface area (Å²) in [7, 11) is 0. The summed E-state index contributed by atoms with van der Waals surface area (Å²) in [6, 6.07) is 9.55. The number of nitriles is 1. The zero-order chi connectivity index (χ0) is 13.2. The maximum Gasteiger partial charge on any atom is 0.259 e. The number of nitrogens with zero attached hydrogens (tertiary/aromatic N) is 2. The Hall–Kier alpha value is -2.65. The Kier molecular flexibility index (Phi) is 2.74. The fraction of sp³-hybridized carbons (Fsp3) is 0. The van der Waals surface area contributed by atoms with Gasteiger partial charge in [-0.1, -0.05) is 29.5 Å².